The molecule has 132 valence electrons. The average molecular weight is 354 g/mol. The first-order valence-corrected chi connectivity index (χ1v) is 6.58. The highest BCUT2D eigenvalue weighted by atomic mass is 19.4. The number of hydrogen-bond acceptors (Lipinski definition) is 3. The van der Waals surface area contributed by atoms with Crippen molar-refractivity contribution in [1.29, 1.82) is 0 Å². The molecule has 0 aliphatic rings. The fourth-order valence-corrected chi connectivity index (χ4v) is 2.25. The van der Waals surface area contributed by atoms with E-state index in [1.165, 1.54) is 13.2 Å². The lowest BCUT2D eigenvalue weighted by Crippen LogP contribution is -2.40. The van der Waals surface area contributed by atoms with Crippen LogP contribution < -0.4 is 15.2 Å². The van der Waals surface area contributed by atoms with Gasteiger partial charge in [0, 0.05) is 17.1 Å². The fourth-order valence-electron chi connectivity index (χ4n) is 2.25. The minimum Gasteiger partial charge on any atom is -0.496 e. The lowest BCUT2D eigenvalue weighted by atomic mass is 10.1. The zero-order valence-corrected chi connectivity index (χ0v) is 12.3. The van der Waals surface area contributed by atoms with Gasteiger partial charge in [0.25, 0.3) is 5.56 Å². The standard InChI is InChI=1S/C14H12F6N2O2/c1-24-11-5-12(23)21-10-3-2-8(4-9(10)11)22(6-13(15,16)17)7-14(18,19)20/h2-5H,6-7H2,1H3,(H,21,23). The third kappa shape index (κ3) is 4.56. The molecule has 0 spiro atoms. The van der Waals surface area contributed by atoms with E-state index in [1.54, 1.807) is 0 Å². The number of nitrogens with one attached hydrogen (secondary N) is 1. The molecule has 0 amide bonds. The molecule has 0 unspecified atom stereocenters. The Morgan fingerprint density at radius 3 is 2.12 bits per heavy atom. The predicted molar refractivity (Wildman–Crippen MR) is 75.4 cm³/mol. The number of hydrogen-bond donors (Lipinski definition) is 1. The van der Waals surface area contributed by atoms with Crippen LogP contribution in [0, 0.1) is 0 Å². The van der Waals surface area contributed by atoms with Crippen molar-refractivity contribution in [2.45, 2.75) is 12.4 Å². The number of methoxy groups -OCH3 is 1. The maximum absolute atomic E-state index is 12.6. The molecule has 1 aromatic carbocycles. The van der Waals surface area contributed by atoms with Crippen molar-refractivity contribution in [3.8, 4) is 5.75 Å². The largest absolute Gasteiger partial charge is 0.496 e. The van der Waals surface area contributed by atoms with Crippen molar-refractivity contribution >= 4 is 16.6 Å². The average Bonchev–Trinajstić information content (AvgIpc) is 2.42. The number of anilines is 1. The first-order chi connectivity index (χ1) is 11.0. The van der Waals surface area contributed by atoms with Gasteiger partial charge in [-0.3, -0.25) is 4.79 Å². The third-order valence-corrected chi connectivity index (χ3v) is 3.11. The summed E-state index contributed by atoms with van der Waals surface area (Å²) in [6.07, 6.45) is -9.62. The summed E-state index contributed by atoms with van der Waals surface area (Å²) >= 11 is 0. The van der Waals surface area contributed by atoms with Crippen LogP contribution in [-0.2, 0) is 0 Å². The molecule has 10 heteroatoms. The van der Waals surface area contributed by atoms with Crippen molar-refractivity contribution in [2.75, 3.05) is 25.1 Å². The summed E-state index contributed by atoms with van der Waals surface area (Å²) in [7, 11) is 1.24. The van der Waals surface area contributed by atoms with Crippen molar-refractivity contribution in [1.82, 2.24) is 4.98 Å². The first-order valence-electron chi connectivity index (χ1n) is 6.58. The summed E-state index contributed by atoms with van der Waals surface area (Å²) in [6, 6.07) is 4.48. The molecular formula is C14H12F6N2O2. The van der Waals surface area contributed by atoms with Crippen LogP contribution in [0.25, 0.3) is 10.9 Å². The highest BCUT2D eigenvalue weighted by Crippen LogP contribution is 2.31. The number of nitrogens with zero attached hydrogens (tertiary/aromatic N) is 1. The van der Waals surface area contributed by atoms with E-state index in [0.717, 1.165) is 18.2 Å². The predicted octanol–water partition coefficient (Wildman–Crippen LogP) is 3.47. The number of halogens is 6. The van der Waals surface area contributed by atoms with Crippen molar-refractivity contribution in [2.24, 2.45) is 0 Å². The Hall–Kier alpha value is -2.39. The summed E-state index contributed by atoms with van der Waals surface area (Å²) in [5, 5.41) is 0.198. The molecule has 1 heterocycles. The van der Waals surface area contributed by atoms with E-state index in [4.69, 9.17) is 4.74 Å². The van der Waals surface area contributed by atoms with Crippen LogP contribution in [0.1, 0.15) is 0 Å². The van der Waals surface area contributed by atoms with E-state index in [-0.39, 0.29) is 27.2 Å². The van der Waals surface area contributed by atoms with Crippen LogP contribution in [0.3, 0.4) is 0 Å². The van der Waals surface area contributed by atoms with E-state index >= 15 is 0 Å². The van der Waals surface area contributed by atoms with Gasteiger partial charge in [-0.25, -0.2) is 0 Å². The van der Waals surface area contributed by atoms with Gasteiger partial charge in [0.1, 0.15) is 18.8 Å². The second-order valence-electron chi connectivity index (χ2n) is 5.02. The smallest absolute Gasteiger partial charge is 0.405 e. The summed E-state index contributed by atoms with van der Waals surface area (Å²) in [6.45, 7) is -3.52. The summed E-state index contributed by atoms with van der Waals surface area (Å²) in [5.41, 5.74) is -0.556. The topological polar surface area (TPSA) is 45.3 Å². The second kappa shape index (κ2) is 6.25. The molecule has 0 saturated carbocycles. The zero-order chi connectivity index (χ0) is 18.1. The number of aromatic amines is 1. The molecule has 0 fully saturated rings. The maximum atomic E-state index is 12.6. The van der Waals surface area contributed by atoms with E-state index in [2.05, 4.69) is 4.98 Å². The first kappa shape index (κ1) is 18.0. The van der Waals surface area contributed by atoms with E-state index < -0.39 is 31.0 Å². The van der Waals surface area contributed by atoms with Gasteiger partial charge in [0.15, 0.2) is 0 Å². The lowest BCUT2D eigenvalue weighted by molar-refractivity contribution is -0.137. The van der Waals surface area contributed by atoms with Gasteiger partial charge in [-0.15, -0.1) is 0 Å². The van der Waals surface area contributed by atoms with E-state index in [9.17, 15) is 31.1 Å². The maximum Gasteiger partial charge on any atom is 0.405 e. The van der Waals surface area contributed by atoms with Gasteiger partial charge in [0.05, 0.1) is 12.6 Å². The molecule has 0 atom stereocenters. The molecule has 0 saturated heterocycles. The Balaban J connectivity index is 2.53. The highest BCUT2D eigenvalue weighted by Gasteiger charge is 2.37. The molecule has 0 aliphatic heterocycles. The Morgan fingerprint density at radius 1 is 1.04 bits per heavy atom. The van der Waals surface area contributed by atoms with Crippen LogP contribution in [-0.4, -0.2) is 37.5 Å². The molecule has 0 aliphatic carbocycles. The molecule has 0 radical (unpaired) electrons. The van der Waals surface area contributed by atoms with Gasteiger partial charge in [-0.2, -0.15) is 26.3 Å². The Bertz CT molecular complexity index is 765. The fraction of sp³-hybridized carbons (Fsp3) is 0.357. The number of fused-ring (bicyclic) bond motifs is 1. The van der Waals surface area contributed by atoms with Crippen LogP contribution in [0.2, 0.25) is 0 Å². The monoisotopic (exact) mass is 354 g/mol. The number of pyridine rings is 1. The van der Waals surface area contributed by atoms with E-state index in [0.29, 0.717) is 0 Å². The van der Waals surface area contributed by atoms with Gasteiger partial charge < -0.3 is 14.6 Å². The number of ether oxygens (including phenoxy) is 1. The Kier molecular flexibility index (Phi) is 4.68. The number of H-pyrrole nitrogens is 1. The minimum atomic E-state index is -4.81. The molecule has 4 nitrogen and oxygen atoms in total. The molecule has 1 aromatic heterocycles. The van der Waals surface area contributed by atoms with Gasteiger partial charge in [-0.05, 0) is 18.2 Å². The summed E-state index contributed by atoms with van der Waals surface area (Å²) in [5.74, 6) is 0.0505. The van der Waals surface area contributed by atoms with Gasteiger partial charge in [-0.1, -0.05) is 0 Å². The van der Waals surface area contributed by atoms with Crippen LogP contribution in [0.15, 0.2) is 29.1 Å². The van der Waals surface area contributed by atoms with Crippen LogP contribution in [0.5, 0.6) is 5.75 Å². The van der Waals surface area contributed by atoms with Crippen molar-refractivity contribution < 1.29 is 31.1 Å². The van der Waals surface area contributed by atoms with Gasteiger partial charge in [0.2, 0.25) is 0 Å². The SMILES string of the molecule is COc1cc(=O)[nH]c2ccc(N(CC(F)(F)F)CC(F)(F)F)cc12. The zero-order valence-electron chi connectivity index (χ0n) is 12.3. The minimum absolute atomic E-state index is 0.0505. The van der Waals surface area contributed by atoms with Crippen LogP contribution >= 0.6 is 0 Å². The quantitative estimate of drug-likeness (QED) is 0.856. The summed E-state index contributed by atoms with van der Waals surface area (Å²) in [4.78, 5) is 14.0. The molecule has 2 rings (SSSR count). The number of aromatic nitrogens is 1. The van der Waals surface area contributed by atoms with E-state index in [1.807, 2.05) is 0 Å². The molecular weight excluding hydrogens is 342 g/mol. The van der Waals surface area contributed by atoms with Crippen molar-refractivity contribution in [3.63, 3.8) is 0 Å². The summed E-state index contributed by atoms with van der Waals surface area (Å²) < 4.78 is 80.5. The Morgan fingerprint density at radius 2 is 1.62 bits per heavy atom. The molecule has 0 bridgehead atoms. The van der Waals surface area contributed by atoms with Crippen LogP contribution in [0.4, 0.5) is 32.0 Å². The molecule has 2 aromatic rings. The Labute approximate surface area is 131 Å². The highest BCUT2D eigenvalue weighted by molar-refractivity contribution is 5.88. The number of rotatable bonds is 4. The molecule has 24 heavy (non-hydrogen) atoms. The second-order valence-corrected chi connectivity index (χ2v) is 5.02. The van der Waals surface area contributed by atoms with Gasteiger partial charge >= 0.3 is 12.4 Å². The normalized spacial score (nSPS) is 12.5. The lowest BCUT2D eigenvalue weighted by Gasteiger charge is -2.27. The number of alkyl halides is 6. The number of benzene rings is 1. The third-order valence-electron chi connectivity index (χ3n) is 3.11. The van der Waals surface area contributed by atoms with Crippen molar-refractivity contribution in [3.05, 3.63) is 34.6 Å². The molecule has 1 N–H and O–H groups in total.